The molecule has 0 aliphatic rings. The summed E-state index contributed by atoms with van der Waals surface area (Å²) in [5.74, 6) is -1.22. The molecule has 0 saturated carbocycles. The van der Waals surface area contributed by atoms with Crippen molar-refractivity contribution in [2.75, 3.05) is 13.2 Å². The molecule has 15 heavy (non-hydrogen) atoms. The highest BCUT2D eigenvalue weighted by atomic mass is 16.6. The molecule has 0 saturated heterocycles. The Morgan fingerprint density at radius 1 is 1.40 bits per heavy atom. The average molecular weight is 223 g/mol. The summed E-state index contributed by atoms with van der Waals surface area (Å²) < 4.78 is 0. The third-order valence-corrected chi connectivity index (χ3v) is 1.99. The van der Waals surface area contributed by atoms with E-state index in [0.29, 0.717) is 0 Å². The zero-order chi connectivity index (χ0) is 12.6. The molecule has 7 heteroatoms. The Kier molecular flexibility index (Phi) is 7.71. The van der Waals surface area contributed by atoms with Gasteiger partial charge in [0.25, 0.3) is 11.5 Å². The maximum absolute atomic E-state index is 10.4. The van der Waals surface area contributed by atoms with Crippen LogP contribution in [0, 0.1) is 16.0 Å². The fourth-order valence-electron chi connectivity index (χ4n) is 0.741. The highest BCUT2D eigenvalue weighted by molar-refractivity contribution is 5.62. The van der Waals surface area contributed by atoms with Gasteiger partial charge in [-0.1, -0.05) is 13.8 Å². The van der Waals surface area contributed by atoms with Gasteiger partial charge in [-0.3, -0.25) is 14.9 Å². The molecule has 0 aromatic heterocycles. The number of carboxylic acid groups (broad SMARTS) is 1. The van der Waals surface area contributed by atoms with E-state index in [1.807, 2.05) is 0 Å². The summed E-state index contributed by atoms with van der Waals surface area (Å²) in [4.78, 5) is 18.8. The van der Waals surface area contributed by atoms with Crippen LogP contribution >= 0.6 is 0 Å². The number of rotatable bonds is 4. The van der Waals surface area contributed by atoms with Crippen molar-refractivity contribution in [3.8, 4) is 0 Å². The second kappa shape index (κ2) is 7.13. The Morgan fingerprint density at radius 3 is 1.67 bits per heavy atom. The number of hydrogen-bond acceptors (Lipinski definition) is 5. The summed E-state index contributed by atoms with van der Waals surface area (Å²) in [6.07, 6.45) is 0. The minimum atomic E-state index is -1.58. The number of nitro groups is 1. The number of hydrogen-bond donors (Lipinski definition) is 3. The molecule has 0 aromatic carbocycles. The molecule has 0 amide bonds. The van der Waals surface area contributed by atoms with Gasteiger partial charge in [-0.05, 0) is 0 Å². The second-order valence-electron chi connectivity index (χ2n) is 3.35. The Balaban J connectivity index is 0. The lowest BCUT2D eigenvalue weighted by Gasteiger charge is -2.24. The molecule has 0 atom stereocenters. The van der Waals surface area contributed by atoms with Crippen LogP contribution in [0.4, 0.5) is 0 Å². The lowest BCUT2D eigenvalue weighted by Crippen LogP contribution is -2.50. The van der Waals surface area contributed by atoms with Crippen LogP contribution < -0.4 is 0 Å². The van der Waals surface area contributed by atoms with Crippen molar-refractivity contribution >= 4 is 5.97 Å². The number of aliphatic carboxylic acids is 1. The highest BCUT2D eigenvalue weighted by Crippen LogP contribution is 2.19. The van der Waals surface area contributed by atoms with Crippen LogP contribution in [0.3, 0.4) is 0 Å². The van der Waals surface area contributed by atoms with Crippen LogP contribution in [0.15, 0.2) is 0 Å². The second-order valence-corrected chi connectivity index (χ2v) is 3.35. The van der Waals surface area contributed by atoms with Crippen LogP contribution in [-0.4, -0.2) is 45.0 Å². The van der Waals surface area contributed by atoms with Crippen molar-refractivity contribution in [1.82, 2.24) is 0 Å². The fourth-order valence-corrected chi connectivity index (χ4v) is 0.741. The zero-order valence-electron chi connectivity index (χ0n) is 9.01. The topological polar surface area (TPSA) is 121 Å². The van der Waals surface area contributed by atoms with E-state index in [9.17, 15) is 10.1 Å². The monoisotopic (exact) mass is 223 g/mol. The molecule has 0 heterocycles. The number of carbonyl (C=O) groups is 1. The Hall–Kier alpha value is -1.21. The lowest BCUT2D eigenvalue weighted by molar-refractivity contribution is -0.586. The minimum Gasteiger partial charge on any atom is -0.481 e. The van der Waals surface area contributed by atoms with Gasteiger partial charge in [-0.15, -0.1) is 0 Å². The standard InChI is InChI=1S/C6H13NO4.C2H4O2/c1-5(2)6(3-8,4-9)7(10)11;1-2(3)4/h5,8-9H,3-4H2,1-2H3;1H3,(H,3,4). The third kappa shape index (κ3) is 5.28. The molecule has 0 fully saturated rings. The zero-order valence-corrected chi connectivity index (χ0v) is 9.01. The quantitative estimate of drug-likeness (QED) is 0.445. The predicted octanol–water partition coefficient (Wildman–Crippen LogP) is -0.267. The van der Waals surface area contributed by atoms with Gasteiger partial charge >= 0.3 is 0 Å². The molecular formula is C8H17NO6. The van der Waals surface area contributed by atoms with Crippen molar-refractivity contribution in [3.05, 3.63) is 10.1 Å². The molecule has 0 aromatic rings. The minimum absolute atomic E-state index is 0.382. The summed E-state index contributed by atoms with van der Waals surface area (Å²) in [6.45, 7) is 3.01. The van der Waals surface area contributed by atoms with Crippen LogP contribution in [0.25, 0.3) is 0 Å². The molecule has 3 N–H and O–H groups in total. The van der Waals surface area contributed by atoms with Crippen LogP contribution in [0.2, 0.25) is 0 Å². The van der Waals surface area contributed by atoms with E-state index in [4.69, 9.17) is 20.1 Å². The largest absolute Gasteiger partial charge is 0.481 e. The molecule has 0 spiro atoms. The van der Waals surface area contributed by atoms with Gasteiger partial charge in [0, 0.05) is 17.8 Å². The highest BCUT2D eigenvalue weighted by Gasteiger charge is 2.45. The Bertz CT molecular complexity index is 207. The summed E-state index contributed by atoms with van der Waals surface area (Å²) >= 11 is 0. The first-order valence-corrected chi connectivity index (χ1v) is 4.30. The molecule has 0 rings (SSSR count). The molecule has 0 aliphatic heterocycles. The molecule has 0 bridgehead atoms. The van der Waals surface area contributed by atoms with Gasteiger partial charge in [0.15, 0.2) is 0 Å². The van der Waals surface area contributed by atoms with E-state index in [0.717, 1.165) is 6.92 Å². The molecule has 7 nitrogen and oxygen atoms in total. The Labute approximate surface area is 87.5 Å². The van der Waals surface area contributed by atoms with Crippen molar-refractivity contribution in [2.45, 2.75) is 26.3 Å². The van der Waals surface area contributed by atoms with E-state index in [1.165, 1.54) is 0 Å². The number of aliphatic hydroxyl groups excluding tert-OH is 2. The van der Waals surface area contributed by atoms with Gasteiger partial charge in [0.2, 0.25) is 0 Å². The summed E-state index contributed by atoms with van der Waals surface area (Å²) in [5.41, 5.74) is -1.58. The van der Waals surface area contributed by atoms with Gasteiger partial charge in [0.05, 0.1) is 0 Å². The Morgan fingerprint density at radius 2 is 1.67 bits per heavy atom. The van der Waals surface area contributed by atoms with Crippen LogP contribution in [-0.2, 0) is 4.79 Å². The van der Waals surface area contributed by atoms with E-state index < -0.39 is 29.6 Å². The van der Waals surface area contributed by atoms with Crippen molar-refractivity contribution in [3.63, 3.8) is 0 Å². The fraction of sp³-hybridized carbons (Fsp3) is 0.875. The molecule has 0 unspecified atom stereocenters. The van der Waals surface area contributed by atoms with E-state index >= 15 is 0 Å². The van der Waals surface area contributed by atoms with Crippen LogP contribution in [0.5, 0.6) is 0 Å². The van der Waals surface area contributed by atoms with E-state index in [2.05, 4.69) is 0 Å². The number of aliphatic hydroxyl groups is 2. The van der Waals surface area contributed by atoms with Crippen molar-refractivity contribution < 1.29 is 25.0 Å². The van der Waals surface area contributed by atoms with Gasteiger partial charge in [-0.25, -0.2) is 0 Å². The summed E-state index contributed by atoms with van der Waals surface area (Å²) in [6, 6.07) is 0. The van der Waals surface area contributed by atoms with Gasteiger partial charge in [0.1, 0.15) is 13.2 Å². The SMILES string of the molecule is CC(=O)O.CC(C)C(CO)(CO)[N+](=O)[O-]. The number of nitrogens with zero attached hydrogens (tertiary/aromatic N) is 1. The smallest absolute Gasteiger partial charge is 0.300 e. The van der Waals surface area contributed by atoms with Crippen molar-refractivity contribution in [2.24, 2.45) is 5.92 Å². The van der Waals surface area contributed by atoms with Gasteiger partial charge in [-0.2, -0.15) is 0 Å². The van der Waals surface area contributed by atoms with Crippen LogP contribution in [0.1, 0.15) is 20.8 Å². The average Bonchev–Trinajstić information content (AvgIpc) is 2.04. The lowest BCUT2D eigenvalue weighted by atomic mass is 9.89. The van der Waals surface area contributed by atoms with Crippen molar-refractivity contribution in [1.29, 1.82) is 0 Å². The van der Waals surface area contributed by atoms with E-state index in [-0.39, 0.29) is 5.92 Å². The number of carboxylic acids is 1. The summed E-state index contributed by atoms with van der Waals surface area (Å²) in [5, 5.41) is 35.3. The molecule has 0 radical (unpaired) electrons. The molecule has 90 valence electrons. The summed E-state index contributed by atoms with van der Waals surface area (Å²) in [7, 11) is 0. The third-order valence-electron chi connectivity index (χ3n) is 1.99. The van der Waals surface area contributed by atoms with Gasteiger partial charge < -0.3 is 15.3 Å². The van der Waals surface area contributed by atoms with E-state index in [1.54, 1.807) is 13.8 Å². The maximum Gasteiger partial charge on any atom is 0.300 e. The predicted molar refractivity (Wildman–Crippen MR) is 52.0 cm³/mol. The molecular weight excluding hydrogens is 206 g/mol. The molecule has 0 aliphatic carbocycles. The first-order chi connectivity index (χ1) is 6.74. The first-order valence-electron chi connectivity index (χ1n) is 4.30. The maximum atomic E-state index is 10.4. The first kappa shape index (κ1) is 16.2. The normalized spacial score (nSPS) is 10.5.